The monoisotopic (exact) mass is 426 g/mol. The average molecular weight is 427 g/mol. The van der Waals surface area contributed by atoms with Crippen molar-refractivity contribution < 1.29 is 9.53 Å². The number of likely N-dealkylation sites (tertiary alicyclic amines) is 1. The molecule has 0 aliphatic carbocycles. The van der Waals surface area contributed by atoms with Gasteiger partial charge in [-0.2, -0.15) is 0 Å². The second-order valence-corrected chi connectivity index (χ2v) is 10.2. The molecule has 3 heterocycles. The minimum Gasteiger partial charge on any atom is -0.376 e. The number of ether oxygens (including phenoxy) is 1. The average Bonchev–Trinajstić information content (AvgIpc) is 3.42. The molecule has 1 atom stereocenters. The smallest absolute Gasteiger partial charge is 0.264 e. The van der Waals surface area contributed by atoms with E-state index in [1.165, 1.54) is 16.0 Å². The molecule has 1 aromatic heterocycles. The van der Waals surface area contributed by atoms with Gasteiger partial charge in [-0.15, -0.1) is 11.3 Å². The summed E-state index contributed by atoms with van der Waals surface area (Å²) in [5.41, 5.74) is 2.80. The lowest BCUT2D eigenvalue weighted by atomic mass is 9.95. The minimum absolute atomic E-state index is 0.186. The summed E-state index contributed by atoms with van der Waals surface area (Å²) in [4.78, 5) is 19.9. The molecule has 162 valence electrons. The van der Waals surface area contributed by atoms with E-state index in [0.717, 1.165) is 69.9 Å². The van der Waals surface area contributed by atoms with Gasteiger partial charge in [0.1, 0.15) is 0 Å². The molecule has 2 aliphatic heterocycles. The lowest BCUT2D eigenvalue weighted by Gasteiger charge is -2.35. The fourth-order valence-corrected chi connectivity index (χ4v) is 5.48. The van der Waals surface area contributed by atoms with E-state index in [-0.39, 0.29) is 12.0 Å². The van der Waals surface area contributed by atoms with Gasteiger partial charge < -0.3 is 9.64 Å². The Labute approximate surface area is 184 Å². The zero-order chi connectivity index (χ0) is 20.9. The summed E-state index contributed by atoms with van der Waals surface area (Å²) >= 11 is 1.61. The Morgan fingerprint density at radius 1 is 1.10 bits per heavy atom. The molecule has 4 rings (SSSR count). The van der Waals surface area contributed by atoms with Crippen molar-refractivity contribution in [2.45, 2.75) is 52.2 Å². The Morgan fingerprint density at radius 2 is 1.90 bits per heavy atom. The van der Waals surface area contributed by atoms with Gasteiger partial charge in [-0.25, -0.2) is 0 Å². The van der Waals surface area contributed by atoms with Crippen molar-refractivity contribution in [1.29, 1.82) is 0 Å². The van der Waals surface area contributed by atoms with Crippen LogP contribution in [0.25, 0.3) is 0 Å². The molecule has 0 N–H and O–H groups in total. The zero-order valence-electron chi connectivity index (χ0n) is 18.3. The number of thiophene rings is 1. The number of aryl methyl sites for hydroxylation is 2. The number of rotatable bonds is 7. The summed E-state index contributed by atoms with van der Waals surface area (Å²) in [6, 6.07) is 12.7. The van der Waals surface area contributed by atoms with E-state index >= 15 is 0 Å². The molecule has 2 aliphatic rings. The first-order valence-corrected chi connectivity index (χ1v) is 12.1. The fraction of sp³-hybridized carbons (Fsp3) is 0.560. The number of hydrogen-bond acceptors (Lipinski definition) is 4. The molecule has 2 saturated heterocycles. The Hall–Kier alpha value is -1.69. The van der Waals surface area contributed by atoms with E-state index in [9.17, 15) is 4.79 Å². The standard InChI is InChI=1S/C25H34N2O2S/c1-19-6-3-4-7-22(19)17-26-13-11-21(12-14-26)16-27(18-23-8-5-15-29-23)25(28)24-10-9-20(2)30-24/h3-4,6-7,9-10,21,23H,5,8,11-18H2,1-2H3/t23-/m0/s1. The Kier molecular flexibility index (Phi) is 7.24. The number of piperidine rings is 1. The molecule has 2 aromatic rings. The number of nitrogens with zero attached hydrogens (tertiary/aromatic N) is 2. The van der Waals surface area contributed by atoms with Gasteiger partial charge in [0.05, 0.1) is 11.0 Å². The third kappa shape index (κ3) is 5.51. The van der Waals surface area contributed by atoms with Crippen molar-refractivity contribution >= 4 is 17.2 Å². The highest BCUT2D eigenvalue weighted by Gasteiger charge is 2.28. The SMILES string of the molecule is Cc1ccc(C(=O)N(CC2CCN(Cc3ccccc3C)CC2)C[C@@H]2CCCO2)s1. The molecule has 0 saturated carbocycles. The molecule has 5 heteroatoms. The van der Waals surface area contributed by atoms with Crippen molar-refractivity contribution in [1.82, 2.24) is 9.80 Å². The topological polar surface area (TPSA) is 32.8 Å². The van der Waals surface area contributed by atoms with Crippen LogP contribution in [-0.2, 0) is 11.3 Å². The third-order valence-electron chi connectivity index (χ3n) is 6.53. The van der Waals surface area contributed by atoms with Gasteiger partial charge in [0.15, 0.2) is 0 Å². The summed E-state index contributed by atoms with van der Waals surface area (Å²) in [6.45, 7) is 9.94. The Balaban J connectivity index is 1.34. The molecule has 2 fully saturated rings. The lowest BCUT2D eigenvalue weighted by molar-refractivity contribution is 0.0448. The molecule has 0 radical (unpaired) electrons. The predicted molar refractivity (Wildman–Crippen MR) is 123 cm³/mol. The molecule has 0 bridgehead atoms. The number of carbonyl (C=O) groups excluding carboxylic acids is 1. The maximum Gasteiger partial charge on any atom is 0.264 e. The molecular formula is C25H34N2O2S. The predicted octanol–water partition coefficient (Wildman–Crippen LogP) is 4.90. The van der Waals surface area contributed by atoms with Crippen LogP contribution in [0.4, 0.5) is 0 Å². The quantitative estimate of drug-likeness (QED) is 0.631. The fourth-order valence-electron chi connectivity index (χ4n) is 4.65. The molecular weight excluding hydrogens is 392 g/mol. The second kappa shape index (κ2) is 10.1. The van der Waals surface area contributed by atoms with Crippen LogP contribution in [0.3, 0.4) is 0 Å². The van der Waals surface area contributed by atoms with Crippen LogP contribution < -0.4 is 0 Å². The Bertz CT molecular complexity index is 835. The normalized spacial score (nSPS) is 20.5. The van der Waals surface area contributed by atoms with Crippen LogP contribution in [0.15, 0.2) is 36.4 Å². The van der Waals surface area contributed by atoms with Crippen LogP contribution in [0.2, 0.25) is 0 Å². The summed E-state index contributed by atoms with van der Waals surface area (Å²) in [5.74, 6) is 0.760. The molecule has 4 nitrogen and oxygen atoms in total. The van der Waals surface area contributed by atoms with Gasteiger partial charge in [-0.1, -0.05) is 24.3 Å². The van der Waals surface area contributed by atoms with Crippen molar-refractivity contribution in [2.75, 3.05) is 32.8 Å². The van der Waals surface area contributed by atoms with Crippen LogP contribution in [-0.4, -0.2) is 54.6 Å². The number of benzene rings is 1. The third-order valence-corrected chi connectivity index (χ3v) is 7.52. The second-order valence-electron chi connectivity index (χ2n) is 8.90. The van der Waals surface area contributed by atoms with Crippen molar-refractivity contribution in [3.8, 4) is 0 Å². The largest absolute Gasteiger partial charge is 0.376 e. The first kappa shape index (κ1) is 21.5. The molecule has 0 spiro atoms. The van der Waals surface area contributed by atoms with E-state index in [1.54, 1.807) is 11.3 Å². The van der Waals surface area contributed by atoms with E-state index < -0.39 is 0 Å². The molecule has 1 aromatic carbocycles. The number of amides is 1. The number of carbonyl (C=O) groups is 1. The van der Waals surface area contributed by atoms with Gasteiger partial charge in [0.25, 0.3) is 5.91 Å². The van der Waals surface area contributed by atoms with E-state index in [4.69, 9.17) is 4.74 Å². The van der Waals surface area contributed by atoms with Gasteiger partial charge >= 0.3 is 0 Å². The maximum atomic E-state index is 13.2. The van der Waals surface area contributed by atoms with Crippen LogP contribution in [0.5, 0.6) is 0 Å². The van der Waals surface area contributed by atoms with Crippen molar-refractivity contribution in [2.24, 2.45) is 5.92 Å². The Morgan fingerprint density at radius 3 is 2.57 bits per heavy atom. The zero-order valence-corrected chi connectivity index (χ0v) is 19.1. The summed E-state index contributed by atoms with van der Waals surface area (Å²) in [6.07, 6.45) is 4.70. The molecule has 30 heavy (non-hydrogen) atoms. The minimum atomic E-state index is 0.186. The van der Waals surface area contributed by atoms with Crippen molar-refractivity contribution in [3.63, 3.8) is 0 Å². The van der Waals surface area contributed by atoms with Crippen LogP contribution in [0, 0.1) is 19.8 Å². The number of hydrogen-bond donors (Lipinski definition) is 0. The highest BCUT2D eigenvalue weighted by Crippen LogP contribution is 2.25. The highest BCUT2D eigenvalue weighted by molar-refractivity contribution is 7.13. The molecule has 1 amide bonds. The van der Waals surface area contributed by atoms with Gasteiger partial charge in [0.2, 0.25) is 0 Å². The van der Waals surface area contributed by atoms with Crippen molar-refractivity contribution in [3.05, 3.63) is 57.3 Å². The highest BCUT2D eigenvalue weighted by atomic mass is 32.1. The van der Waals surface area contributed by atoms with Gasteiger partial charge in [-0.3, -0.25) is 9.69 Å². The summed E-state index contributed by atoms with van der Waals surface area (Å²) in [7, 11) is 0. The summed E-state index contributed by atoms with van der Waals surface area (Å²) < 4.78 is 5.86. The maximum absolute atomic E-state index is 13.2. The van der Waals surface area contributed by atoms with Crippen LogP contribution in [0.1, 0.15) is 51.4 Å². The lowest BCUT2D eigenvalue weighted by Crippen LogP contribution is -2.43. The first-order chi connectivity index (χ1) is 14.6. The van der Waals surface area contributed by atoms with Gasteiger partial charge in [-0.05, 0) is 81.8 Å². The molecule has 0 unspecified atom stereocenters. The van der Waals surface area contributed by atoms with Gasteiger partial charge in [0, 0.05) is 31.1 Å². The summed E-state index contributed by atoms with van der Waals surface area (Å²) in [5, 5.41) is 0. The van der Waals surface area contributed by atoms with Crippen LogP contribution >= 0.6 is 11.3 Å². The van der Waals surface area contributed by atoms with E-state index in [1.807, 2.05) is 12.1 Å². The first-order valence-electron chi connectivity index (χ1n) is 11.3. The van der Waals surface area contributed by atoms with E-state index in [0.29, 0.717) is 5.92 Å². The van der Waals surface area contributed by atoms with E-state index in [2.05, 4.69) is 47.9 Å².